The quantitative estimate of drug-likeness (QED) is 0.931. The molecule has 106 valence electrons. The Bertz CT molecular complexity index is 667. The Hall–Kier alpha value is -1.91. The molecule has 0 unspecified atom stereocenters. The average Bonchev–Trinajstić information content (AvgIpc) is 3.20. The predicted octanol–water partition coefficient (Wildman–Crippen LogP) is 2.61. The molecule has 1 aliphatic rings. The van der Waals surface area contributed by atoms with Crippen LogP contribution in [0.4, 0.5) is 5.82 Å². The maximum atomic E-state index is 6.06. The second-order valence-electron chi connectivity index (χ2n) is 5.60. The molecule has 0 aromatic carbocycles. The summed E-state index contributed by atoms with van der Waals surface area (Å²) in [4.78, 5) is 9.15. The first-order chi connectivity index (χ1) is 9.52. The number of aryl methyl sites for hydroxylation is 1. The fourth-order valence-electron chi connectivity index (χ4n) is 2.66. The standard InChI is InChI=1S/C15H21N5/c1-5-12-9(3)19-20(10(12)4)15-8(2)13(16)17-14(18-15)11-6-7-11/h11H,5-7H2,1-4H3,(H2,16,17,18). The van der Waals surface area contributed by atoms with Crippen LogP contribution in [0.15, 0.2) is 0 Å². The van der Waals surface area contributed by atoms with E-state index < -0.39 is 0 Å². The van der Waals surface area contributed by atoms with Gasteiger partial charge in [-0.3, -0.25) is 0 Å². The minimum Gasteiger partial charge on any atom is -0.383 e. The van der Waals surface area contributed by atoms with Gasteiger partial charge in [-0.05, 0) is 45.6 Å². The van der Waals surface area contributed by atoms with E-state index in [1.807, 2.05) is 18.5 Å². The van der Waals surface area contributed by atoms with Gasteiger partial charge in [0, 0.05) is 17.2 Å². The monoisotopic (exact) mass is 271 g/mol. The number of hydrogen-bond acceptors (Lipinski definition) is 4. The maximum absolute atomic E-state index is 6.06. The van der Waals surface area contributed by atoms with Gasteiger partial charge >= 0.3 is 0 Å². The minimum absolute atomic E-state index is 0.485. The largest absolute Gasteiger partial charge is 0.383 e. The Morgan fingerprint density at radius 2 is 1.90 bits per heavy atom. The van der Waals surface area contributed by atoms with Gasteiger partial charge in [0.1, 0.15) is 11.6 Å². The molecule has 2 N–H and O–H groups in total. The lowest BCUT2D eigenvalue weighted by molar-refractivity contribution is 0.773. The van der Waals surface area contributed by atoms with E-state index in [4.69, 9.17) is 10.7 Å². The molecule has 0 spiro atoms. The van der Waals surface area contributed by atoms with E-state index in [0.717, 1.165) is 35.0 Å². The highest BCUT2D eigenvalue weighted by Gasteiger charge is 2.28. The van der Waals surface area contributed by atoms with Gasteiger partial charge < -0.3 is 5.73 Å². The van der Waals surface area contributed by atoms with Gasteiger partial charge in [-0.2, -0.15) is 5.10 Å². The van der Waals surface area contributed by atoms with Crippen LogP contribution in [0, 0.1) is 20.8 Å². The van der Waals surface area contributed by atoms with Crippen molar-refractivity contribution in [1.29, 1.82) is 0 Å². The zero-order valence-electron chi connectivity index (χ0n) is 12.6. The van der Waals surface area contributed by atoms with Gasteiger partial charge in [-0.25, -0.2) is 14.6 Å². The van der Waals surface area contributed by atoms with Crippen LogP contribution in [-0.2, 0) is 6.42 Å². The smallest absolute Gasteiger partial charge is 0.162 e. The fourth-order valence-corrected chi connectivity index (χ4v) is 2.66. The molecule has 1 fully saturated rings. The first-order valence-corrected chi connectivity index (χ1v) is 7.22. The molecule has 5 nitrogen and oxygen atoms in total. The second kappa shape index (κ2) is 4.58. The summed E-state index contributed by atoms with van der Waals surface area (Å²) in [5.74, 6) is 2.76. The molecule has 2 aromatic heterocycles. The third-order valence-electron chi connectivity index (χ3n) is 4.11. The predicted molar refractivity (Wildman–Crippen MR) is 79.1 cm³/mol. The normalized spacial score (nSPS) is 14.8. The van der Waals surface area contributed by atoms with Crippen molar-refractivity contribution in [1.82, 2.24) is 19.7 Å². The Balaban J connectivity index is 2.18. The van der Waals surface area contributed by atoms with E-state index in [9.17, 15) is 0 Å². The summed E-state index contributed by atoms with van der Waals surface area (Å²) in [6.45, 7) is 8.25. The fraction of sp³-hybridized carbons (Fsp3) is 0.533. The van der Waals surface area contributed by atoms with Gasteiger partial charge in [-0.1, -0.05) is 6.92 Å². The molecule has 1 saturated carbocycles. The summed E-state index contributed by atoms with van der Waals surface area (Å²) in [6.07, 6.45) is 3.31. The highest BCUT2D eigenvalue weighted by atomic mass is 15.3. The first-order valence-electron chi connectivity index (χ1n) is 7.22. The highest BCUT2D eigenvalue weighted by molar-refractivity contribution is 5.50. The average molecular weight is 271 g/mol. The molecular formula is C15H21N5. The lowest BCUT2D eigenvalue weighted by atomic mass is 10.1. The van der Waals surface area contributed by atoms with Gasteiger partial charge in [0.15, 0.2) is 5.82 Å². The van der Waals surface area contributed by atoms with Crippen molar-refractivity contribution < 1.29 is 0 Å². The third-order valence-corrected chi connectivity index (χ3v) is 4.11. The van der Waals surface area contributed by atoms with Crippen LogP contribution in [0.25, 0.3) is 5.82 Å². The van der Waals surface area contributed by atoms with E-state index in [1.165, 1.54) is 18.4 Å². The molecule has 0 radical (unpaired) electrons. The van der Waals surface area contributed by atoms with Crippen LogP contribution in [0.1, 0.15) is 54.0 Å². The Labute approximate surface area is 119 Å². The Morgan fingerprint density at radius 1 is 1.20 bits per heavy atom. The zero-order chi connectivity index (χ0) is 14.4. The Kier molecular flexibility index (Phi) is 3.00. The number of hydrogen-bond donors (Lipinski definition) is 1. The topological polar surface area (TPSA) is 69.6 Å². The summed E-state index contributed by atoms with van der Waals surface area (Å²) in [6, 6.07) is 0. The van der Waals surface area contributed by atoms with Crippen LogP contribution in [0.2, 0.25) is 0 Å². The van der Waals surface area contributed by atoms with Crippen LogP contribution in [-0.4, -0.2) is 19.7 Å². The van der Waals surface area contributed by atoms with Crippen molar-refractivity contribution in [3.8, 4) is 5.82 Å². The summed E-state index contributed by atoms with van der Waals surface area (Å²) >= 11 is 0. The van der Waals surface area contributed by atoms with Crippen LogP contribution < -0.4 is 5.73 Å². The third kappa shape index (κ3) is 1.97. The van der Waals surface area contributed by atoms with Gasteiger partial charge in [0.05, 0.1) is 5.69 Å². The number of nitrogens with zero attached hydrogens (tertiary/aromatic N) is 4. The number of rotatable bonds is 3. The van der Waals surface area contributed by atoms with E-state index in [-0.39, 0.29) is 0 Å². The van der Waals surface area contributed by atoms with E-state index in [2.05, 4.69) is 23.9 Å². The van der Waals surface area contributed by atoms with Crippen LogP contribution in [0.3, 0.4) is 0 Å². The van der Waals surface area contributed by atoms with Crippen molar-refractivity contribution in [2.45, 2.75) is 52.9 Å². The SMILES string of the molecule is CCc1c(C)nn(-c2nc(C3CC3)nc(N)c2C)c1C. The molecule has 2 heterocycles. The summed E-state index contributed by atoms with van der Waals surface area (Å²) in [7, 11) is 0. The lowest BCUT2D eigenvalue weighted by Gasteiger charge is -2.11. The second-order valence-corrected chi connectivity index (χ2v) is 5.60. The van der Waals surface area contributed by atoms with Gasteiger partial charge in [-0.15, -0.1) is 0 Å². The molecular weight excluding hydrogens is 250 g/mol. The molecule has 0 bridgehead atoms. The van der Waals surface area contributed by atoms with E-state index in [1.54, 1.807) is 0 Å². The molecule has 1 aliphatic carbocycles. The highest BCUT2D eigenvalue weighted by Crippen LogP contribution is 2.39. The lowest BCUT2D eigenvalue weighted by Crippen LogP contribution is -2.11. The summed E-state index contributed by atoms with van der Waals surface area (Å²) in [5.41, 5.74) is 10.5. The molecule has 3 rings (SSSR count). The molecule has 20 heavy (non-hydrogen) atoms. The van der Waals surface area contributed by atoms with E-state index in [0.29, 0.717) is 11.7 Å². The van der Waals surface area contributed by atoms with Crippen LogP contribution >= 0.6 is 0 Å². The molecule has 0 saturated heterocycles. The van der Waals surface area contributed by atoms with Gasteiger partial charge in [0.2, 0.25) is 0 Å². The zero-order valence-corrected chi connectivity index (χ0v) is 12.6. The molecule has 5 heteroatoms. The van der Waals surface area contributed by atoms with Crippen LogP contribution in [0.5, 0.6) is 0 Å². The van der Waals surface area contributed by atoms with Crippen molar-refractivity contribution in [3.05, 3.63) is 28.3 Å². The number of aromatic nitrogens is 4. The molecule has 0 aliphatic heterocycles. The Morgan fingerprint density at radius 3 is 2.45 bits per heavy atom. The molecule has 0 amide bonds. The summed E-state index contributed by atoms with van der Waals surface area (Å²) in [5, 5.41) is 4.64. The summed E-state index contributed by atoms with van der Waals surface area (Å²) < 4.78 is 1.92. The molecule has 0 atom stereocenters. The number of anilines is 1. The first kappa shape index (κ1) is 13.1. The van der Waals surface area contributed by atoms with Crippen molar-refractivity contribution in [2.75, 3.05) is 5.73 Å². The van der Waals surface area contributed by atoms with Crippen molar-refractivity contribution in [2.24, 2.45) is 0 Å². The number of nitrogen functional groups attached to an aromatic ring is 1. The number of nitrogens with two attached hydrogens (primary N) is 1. The van der Waals surface area contributed by atoms with Crippen molar-refractivity contribution >= 4 is 5.82 Å². The minimum atomic E-state index is 0.485. The molecule has 2 aromatic rings. The van der Waals surface area contributed by atoms with Crippen molar-refractivity contribution in [3.63, 3.8) is 0 Å². The van der Waals surface area contributed by atoms with Gasteiger partial charge in [0.25, 0.3) is 0 Å². The maximum Gasteiger partial charge on any atom is 0.162 e. The van der Waals surface area contributed by atoms with E-state index >= 15 is 0 Å².